The number of amides is 1. The van der Waals surface area contributed by atoms with E-state index in [0.717, 1.165) is 24.1 Å². The van der Waals surface area contributed by atoms with E-state index in [0.29, 0.717) is 0 Å². The Morgan fingerprint density at radius 1 is 1.22 bits per heavy atom. The number of rotatable bonds is 5. The van der Waals surface area contributed by atoms with Gasteiger partial charge >= 0.3 is 0 Å². The van der Waals surface area contributed by atoms with Crippen LogP contribution in [0, 0.1) is 5.82 Å². The highest BCUT2D eigenvalue weighted by molar-refractivity contribution is 6.00. The molecular weight excluding hydrogens is 295 g/mol. The lowest BCUT2D eigenvalue weighted by atomic mass is 10.1. The number of halogens is 1. The number of para-hydroxylation sites is 1. The number of carbonyl (C=O) groups is 1. The van der Waals surface area contributed by atoms with Gasteiger partial charge in [0.15, 0.2) is 11.6 Å². The van der Waals surface area contributed by atoms with Crippen LogP contribution in [0.1, 0.15) is 31.4 Å². The SMILES string of the molecule is CC(NC1(C(=O)Nc2ccccc2)CC1)c1ccc(F)c(O)c1. The van der Waals surface area contributed by atoms with Crippen molar-refractivity contribution in [1.29, 1.82) is 0 Å². The Balaban J connectivity index is 1.68. The van der Waals surface area contributed by atoms with Crippen LogP contribution in [-0.2, 0) is 4.79 Å². The predicted molar refractivity (Wildman–Crippen MR) is 86.7 cm³/mol. The van der Waals surface area contributed by atoms with Gasteiger partial charge in [-0.3, -0.25) is 10.1 Å². The van der Waals surface area contributed by atoms with Crippen LogP contribution in [0.2, 0.25) is 0 Å². The highest BCUT2D eigenvalue weighted by Crippen LogP contribution is 2.39. The van der Waals surface area contributed by atoms with Gasteiger partial charge in [0.1, 0.15) is 0 Å². The number of hydrogen-bond donors (Lipinski definition) is 3. The molecule has 0 saturated heterocycles. The van der Waals surface area contributed by atoms with Crippen molar-refractivity contribution in [3.05, 3.63) is 59.9 Å². The minimum Gasteiger partial charge on any atom is -0.505 e. The normalized spacial score (nSPS) is 16.6. The van der Waals surface area contributed by atoms with E-state index in [1.807, 2.05) is 37.3 Å². The highest BCUT2D eigenvalue weighted by Gasteiger charge is 2.50. The van der Waals surface area contributed by atoms with E-state index in [1.54, 1.807) is 6.07 Å². The molecule has 4 nitrogen and oxygen atoms in total. The van der Waals surface area contributed by atoms with Crippen molar-refractivity contribution in [2.24, 2.45) is 0 Å². The second kappa shape index (κ2) is 6.01. The lowest BCUT2D eigenvalue weighted by Crippen LogP contribution is -2.44. The van der Waals surface area contributed by atoms with Crippen LogP contribution < -0.4 is 10.6 Å². The number of phenolic OH excluding ortho intramolecular Hbond substituents is 1. The first-order valence-electron chi connectivity index (χ1n) is 7.63. The molecule has 3 N–H and O–H groups in total. The Bertz CT molecular complexity index is 714. The molecule has 0 aromatic heterocycles. The minimum atomic E-state index is -0.649. The molecule has 1 aliphatic carbocycles. The Morgan fingerprint density at radius 2 is 1.91 bits per heavy atom. The number of aromatic hydroxyl groups is 1. The molecule has 23 heavy (non-hydrogen) atoms. The standard InChI is InChI=1S/C18H19FN2O2/c1-12(13-7-8-15(19)16(22)11-13)21-18(9-10-18)17(23)20-14-5-3-2-4-6-14/h2-8,11-12,21-22H,9-10H2,1H3,(H,20,23). The van der Waals surface area contributed by atoms with Gasteiger partial charge in [0.2, 0.25) is 5.91 Å². The summed E-state index contributed by atoms with van der Waals surface area (Å²) < 4.78 is 13.1. The monoisotopic (exact) mass is 314 g/mol. The molecule has 2 aromatic carbocycles. The lowest BCUT2D eigenvalue weighted by Gasteiger charge is -2.23. The Labute approximate surface area is 134 Å². The maximum absolute atomic E-state index is 13.1. The maximum atomic E-state index is 13.1. The molecule has 1 aliphatic rings. The average molecular weight is 314 g/mol. The number of hydrogen-bond acceptors (Lipinski definition) is 3. The fourth-order valence-electron chi connectivity index (χ4n) is 2.63. The van der Waals surface area contributed by atoms with Crippen molar-refractivity contribution in [2.45, 2.75) is 31.3 Å². The van der Waals surface area contributed by atoms with E-state index < -0.39 is 11.4 Å². The molecule has 0 bridgehead atoms. The van der Waals surface area contributed by atoms with Crippen molar-refractivity contribution in [3.8, 4) is 5.75 Å². The molecule has 1 fully saturated rings. The smallest absolute Gasteiger partial charge is 0.244 e. The van der Waals surface area contributed by atoms with E-state index >= 15 is 0 Å². The van der Waals surface area contributed by atoms with Gasteiger partial charge in [0.05, 0.1) is 5.54 Å². The summed E-state index contributed by atoms with van der Waals surface area (Å²) in [6, 6.07) is 13.4. The topological polar surface area (TPSA) is 61.4 Å². The Morgan fingerprint density at radius 3 is 2.52 bits per heavy atom. The molecule has 0 aliphatic heterocycles. The largest absolute Gasteiger partial charge is 0.505 e. The van der Waals surface area contributed by atoms with Crippen LogP contribution in [0.4, 0.5) is 10.1 Å². The van der Waals surface area contributed by atoms with Gasteiger partial charge in [0.25, 0.3) is 0 Å². The van der Waals surface area contributed by atoms with E-state index in [9.17, 15) is 14.3 Å². The second-order valence-electron chi connectivity index (χ2n) is 5.98. The van der Waals surface area contributed by atoms with E-state index in [-0.39, 0.29) is 17.7 Å². The number of phenols is 1. The van der Waals surface area contributed by atoms with Crippen molar-refractivity contribution in [1.82, 2.24) is 5.32 Å². The van der Waals surface area contributed by atoms with E-state index in [4.69, 9.17) is 0 Å². The first-order chi connectivity index (χ1) is 11.0. The van der Waals surface area contributed by atoms with Crippen molar-refractivity contribution >= 4 is 11.6 Å². The summed E-state index contributed by atoms with van der Waals surface area (Å²) in [5, 5.41) is 15.7. The van der Waals surface area contributed by atoms with Crippen molar-refractivity contribution in [2.75, 3.05) is 5.32 Å². The molecule has 2 aromatic rings. The summed E-state index contributed by atoms with van der Waals surface area (Å²) in [5.74, 6) is -1.10. The van der Waals surface area contributed by atoms with Crippen LogP contribution in [-0.4, -0.2) is 16.6 Å². The average Bonchev–Trinajstić information content (AvgIpc) is 3.32. The van der Waals surface area contributed by atoms with Crippen LogP contribution in [0.3, 0.4) is 0 Å². The lowest BCUT2D eigenvalue weighted by molar-refractivity contribution is -0.119. The molecule has 5 heteroatoms. The van der Waals surface area contributed by atoms with Crippen LogP contribution >= 0.6 is 0 Å². The van der Waals surface area contributed by atoms with Crippen LogP contribution in [0.25, 0.3) is 0 Å². The van der Waals surface area contributed by atoms with Crippen LogP contribution in [0.5, 0.6) is 5.75 Å². The molecule has 1 amide bonds. The first kappa shape index (κ1) is 15.5. The number of anilines is 1. The summed E-state index contributed by atoms with van der Waals surface area (Å²) in [4.78, 5) is 12.5. The summed E-state index contributed by atoms with van der Waals surface area (Å²) in [7, 11) is 0. The summed E-state index contributed by atoms with van der Waals surface area (Å²) >= 11 is 0. The molecule has 120 valence electrons. The molecule has 3 rings (SSSR count). The zero-order chi connectivity index (χ0) is 16.4. The fourth-order valence-corrected chi connectivity index (χ4v) is 2.63. The van der Waals surface area contributed by atoms with Crippen molar-refractivity contribution in [3.63, 3.8) is 0 Å². The van der Waals surface area contributed by atoms with Crippen molar-refractivity contribution < 1.29 is 14.3 Å². The fraction of sp³-hybridized carbons (Fsp3) is 0.278. The molecule has 1 saturated carbocycles. The molecule has 1 unspecified atom stereocenters. The van der Waals surface area contributed by atoms with Gasteiger partial charge in [0, 0.05) is 11.7 Å². The Kier molecular flexibility index (Phi) is 4.05. The molecule has 0 heterocycles. The molecule has 0 spiro atoms. The number of carbonyl (C=O) groups excluding carboxylic acids is 1. The zero-order valence-corrected chi connectivity index (χ0v) is 12.8. The zero-order valence-electron chi connectivity index (χ0n) is 12.8. The number of nitrogens with one attached hydrogen (secondary N) is 2. The quantitative estimate of drug-likeness (QED) is 0.793. The van der Waals surface area contributed by atoms with Gasteiger partial charge in [-0.2, -0.15) is 0 Å². The third-order valence-corrected chi connectivity index (χ3v) is 4.18. The predicted octanol–water partition coefficient (Wildman–Crippen LogP) is 3.35. The third-order valence-electron chi connectivity index (χ3n) is 4.18. The maximum Gasteiger partial charge on any atom is 0.244 e. The van der Waals surface area contributed by atoms with Gasteiger partial charge in [-0.25, -0.2) is 4.39 Å². The van der Waals surface area contributed by atoms with Gasteiger partial charge in [-0.05, 0) is 49.6 Å². The van der Waals surface area contributed by atoms with Crippen LogP contribution in [0.15, 0.2) is 48.5 Å². The van der Waals surface area contributed by atoms with Gasteiger partial charge in [-0.1, -0.05) is 24.3 Å². The van der Waals surface area contributed by atoms with Gasteiger partial charge in [-0.15, -0.1) is 0 Å². The summed E-state index contributed by atoms with van der Waals surface area (Å²) in [6.07, 6.45) is 1.51. The summed E-state index contributed by atoms with van der Waals surface area (Å²) in [6.45, 7) is 1.89. The first-order valence-corrected chi connectivity index (χ1v) is 7.63. The number of benzene rings is 2. The molecule has 0 radical (unpaired) electrons. The molecule has 1 atom stereocenters. The summed E-state index contributed by atoms with van der Waals surface area (Å²) in [5.41, 5.74) is 0.902. The van der Waals surface area contributed by atoms with E-state index in [2.05, 4.69) is 10.6 Å². The second-order valence-corrected chi connectivity index (χ2v) is 5.98. The van der Waals surface area contributed by atoms with E-state index in [1.165, 1.54) is 12.1 Å². The minimum absolute atomic E-state index is 0.0677. The molecular formula is C18H19FN2O2. The van der Waals surface area contributed by atoms with Gasteiger partial charge < -0.3 is 10.4 Å². The third kappa shape index (κ3) is 3.35. The Hall–Kier alpha value is -2.40. The highest BCUT2D eigenvalue weighted by atomic mass is 19.1.